The number of hydrogen-bond acceptors (Lipinski definition) is 10. The van der Waals surface area contributed by atoms with Crippen LogP contribution in [0.15, 0.2) is 18.2 Å². The second-order valence-electron chi connectivity index (χ2n) is 12.0. The van der Waals surface area contributed by atoms with E-state index >= 15 is 0 Å². The van der Waals surface area contributed by atoms with Crippen LogP contribution in [-0.2, 0) is 35.0 Å². The predicted octanol–water partition coefficient (Wildman–Crippen LogP) is 2.59. The smallest absolute Gasteiger partial charge is 0.408 e. The van der Waals surface area contributed by atoms with Crippen molar-refractivity contribution in [1.29, 1.82) is 0 Å². The Morgan fingerprint density at radius 3 is 2.39 bits per heavy atom. The molecule has 2 atom stereocenters. The van der Waals surface area contributed by atoms with E-state index in [9.17, 15) is 29.4 Å². The number of rotatable bonds is 11. The van der Waals surface area contributed by atoms with Crippen LogP contribution in [0.5, 0.6) is 11.5 Å². The summed E-state index contributed by atoms with van der Waals surface area (Å²) in [6, 6.07) is 3.16. The molecule has 1 aliphatic rings. The van der Waals surface area contributed by atoms with Crippen molar-refractivity contribution in [3.63, 3.8) is 0 Å². The van der Waals surface area contributed by atoms with Gasteiger partial charge in [-0.2, -0.15) is 0 Å². The third-order valence-corrected chi connectivity index (χ3v) is 6.89. The van der Waals surface area contributed by atoms with E-state index in [4.69, 9.17) is 14.2 Å². The number of carbonyl (C=O) groups is 4. The fourth-order valence-corrected chi connectivity index (χ4v) is 4.57. The Bertz CT molecular complexity index is 1100. The van der Waals surface area contributed by atoms with Crippen LogP contribution in [0, 0.1) is 5.41 Å². The summed E-state index contributed by atoms with van der Waals surface area (Å²) in [6.07, 6.45) is -1.39. The van der Waals surface area contributed by atoms with Gasteiger partial charge < -0.3 is 40.4 Å². The Hall–Kier alpha value is -3.03. The molecular weight excluding hydrogens is 554 g/mol. The Balaban J connectivity index is 1.81. The fraction of sp³-hybridized carbons (Fsp3) is 0.643. The van der Waals surface area contributed by atoms with Crippen molar-refractivity contribution >= 4 is 34.8 Å². The molecule has 13 heteroatoms. The Labute approximate surface area is 245 Å². The van der Waals surface area contributed by atoms with Crippen LogP contribution in [0.4, 0.5) is 4.79 Å². The van der Waals surface area contributed by atoms with Crippen molar-refractivity contribution in [2.24, 2.45) is 5.41 Å². The lowest BCUT2D eigenvalue weighted by atomic mass is 9.85. The number of thioether (sulfide) groups is 1. The summed E-state index contributed by atoms with van der Waals surface area (Å²) in [5, 5.41) is 27.0. The minimum atomic E-state index is -0.980. The molecule has 12 nitrogen and oxygen atoms in total. The van der Waals surface area contributed by atoms with Crippen molar-refractivity contribution in [2.45, 2.75) is 84.8 Å². The summed E-state index contributed by atoms with van der Waals surface area (Å²) in [6.45, 7) is 13.0. The summed E-state index contributed by atoms with van der Waals surface area (Å²) in [5.74, 6) is -1.89. The molecule has 1 aromatic carbocycles. The molecule has 1 aliphatic heterocycles. The molecule has 1 fully saturated rings. The molecule has 0 spiro atoms. The number of phenolic OH excluding ortho intramolecular Hbond substituents is 2. The summed E-state index contributed by atoms with van der Waals surface area (Å²) in [5.41, 5.74) is -0.774. The van der Waals surface area contributed by atoms with Crippen LogP contribution < -0.4 is 16.0 Å². The Morgan fingerprint density at radius 1 is 1.07 bits per heavy atom. The Morgan fingerprint density at radius 2 is 1.76 bits per heavy atom. The van der Waals surface area contributed by atoms with E-state index in [0.29, 0.717) is 12.2 Å². The van der Waals surface area contributed by atoms with Crippen LogP contribution in [0.1, 0.15) is 60.5 Å². The molecule has 1 aromatic rings. The predicted molar refractivity (Wildman–Crippen MR) is 153 cm³/mol. The number of aromatic hydroxyl groups is 2. The highest BCUT2D eigenvalue weighted by molar-refractivity contribution is 8.13. The molecule has 1 heterocycles. The summed E-state index contributed by atoms with van der Waals surface area (Å²) >= 11 is 0.926. The van der Waals surface area contributed by atoms with Gasteiger partial charge in [-0.1, -0.05) is 31.7 Å². The SMILES string of the molecule is CC(C)(C)OC(=O)N[C@@H](Cc1ccc(O)c(O)c1)C(=O)SCCNC(=O)CCNC(=O)[C@@H]1OC(C)(C)OCC1(C)C. The molecule has 41 heavy (non-hydrogen) atoms. The molecule has 0 bridgehead atoms. The molecule has 230 valence electrons. The van der Waals surface area contributed by atoms with Gasteiger partial charge in [-0.25, -0.2) is 4.79 Å². The molecule has 0 saturated carbocycles. The zero-order valence-corrected chi connectivity index (χ0v) is 25.6. The molecule has 2 rings (SSSR count). The number of benzene rings is 1. The van der Waals surface area contributed by atoms with Gasteiger partial charge in [0, 0.05) is 37.1 Å². The third-order valence-electron chi connectivity index (χ3n) is 5.92. The molecule has 0 aliphatic carbocycles. The zero-order chi connectivity index (χ0) is 31.0. The molecule has 0 unspecified atom stereocenters. The van der Waals surface area contributed by atoms with Gasteiger partial charge in [-0.05, 0) is 52.3 Å². The maximum Gasteiger partial charge on any atom is 0.408 e. The van der Waals surface area contributed by atoms with Gasteiger partial charge in [-0.3, -0.25) is 14.4 Å². The molecule has 5 N–H and O–H groups in total. The van der Waals surface area contributed by atoms with Crippen LogP contribution in [-0.4, -0.2) is 82.2 Å². The first kappa shape index (κ1) is 34.2. The van der Waals surface area contributed by atoms with Crippen LogP contribution in [0.2, 0.25) is 0 Å². The summed E-state index contributed by atoms with van der Waals surface area (Å²) in [7, 11) is 0. The maximum absolute atomic E-state index is 12.9. The van der Waals surface area contributed by atoms with Crippen LogP contribution >= 0.6 is 11.8 Å². The number of nitrogens with one attached hydrogen (secondary N) is 3. The van der Waals surface area contributed by atoms with Crippen molar-refractivity contribution in [3.05, 3.63) is 23.8 Å². The van der Waals surface area contributed by atoms with Crippen molar-refractivity contribution in [2.75, 3.05) is 25.4 Å². The number of amides is 3. The third kappa shape index (κ3) is 11.8. The highest BCUT2D eigenvalue weighted by Gasteiger charge is 2.45. The number of ether oxygens (including phenoxy) is 3. The van der Waals surface area contributed by atoms with Gasteiger partial charge in [0.1, 0.15) is 17.7 Å². The first-order valence-electron chi connectivity index (χ1n) is 13.4. The van der Waals surface area contributed by atoms with E-state index in [-0.39, 0.29) is 60.1 Å². The molecule has 0 radical (unpaired) electrons. The first-order chi connectivity index (χ1) is 18.9. The molecule has 0 aromatic heterocycles. The number of hydrogen-bond donors (Lipinski definition) is 5. The van der Waals surface area contributed by atoms with E-state index in [2.05, 4.69) is 16.0 Å². The van der Waals surface area contributed by atoms with Gasteiger partial charge in [0.05, 0.1) is 6.61 Å². The fourth-order valence-electron chi connectivity index (χ4n) is 3.82. The highest BCUT2D eigenvalue weighted by Crippen LogP contribution is 2.34. The monoisotopic (exact) mass is 597 g/mol. The highest BCUT2D eigenvalue weighted by atomic mass is 32.2. The lowest BCUT2D eigenvalue weighted by molar-refractivity contribution is -0.304. The van der Waals surface area contributed by atoms with Crippen LogP contribution in [0.3, 0.4) is 0 Å². The standard InChI is InChI=1S/C28H43N3O9S/c1-26(2,3)40-25(37)31-18(14-17-8-9-19(32)20(33)15-17)24(36)41-13-12-29-21(34)10-11-30-23(35)22-27(4,5)16-38-28(6,7)39-22/h8-9,15,18,22,32-33H,10-14,16H2,1-7H3,(H,29,34)(H,30,35)(H,31,37)/t18-,22-/m0/s1. The van der Waals surface area contributed by atoms with E-state index in [1.807, 2.05) is 13.8 Å². The molecule has 1 saturated heterocycles. The molecule has 3 amide bonds. The lowest BCUT2D eigenvalue weighted by Crippen LogP contribution is -2.56. The quantitative estimate of drug-likeness (QED) is 0.189. The number of phenols is 2. The average Bonchev–Trinajstić information content (AvgIpc) is 2.84. The van der Waals surface area contributed by atoms with Gasteiger partial charge in [0.15, 0.2) is 17.3 Å². The lowest BCUT2D eigenvalue weighted by Gasteiger charge is -2.44. The van der Waals surface area contributed by atoms with E-state index in [1.165, 1.54) is 18.2 Å². The Kier molecular flexibility index (Phi) is 11.9. The van der Waals surface area contributed by atoms with E-state index in [1.54, 1.807) is 34.6 Å². The average molecular weight is 598 g/mol. The van der Waals surface area contributed by atoms with Crippen LogP contribution in [0.25, 0.3) is 0 Å². The maximum atomic E-state index is 12.9. The topological polar surface area (TPSA) is 173 Å². The summed E-state index contributed by atoms with van der Waals surface area (Å²) in [4.78, 5) is 50.2. The van der Waals surface area contributed by atoms with Gasteiger partial charge in [-0.15, -0.1) is 0 Å². The van der Waals surface area contributed by atoms with Crippen molar-refractivity contribution < 1.29 is 43.6 Å². The summed E-state index contributed by atoms with van der Waals surface area (Å²) < 4.78 is 16.7. The van der Waals surface area contributed by atoms with Crippen molar-refractivity contribution in [3.8, 4) is 11.5 Å². The van der Waals surface area contributed by atoms with Crippen molar-refractivity contribution in [1.82, 2.24) is 16.0 Å². The number of carbonyl (C=O) groups excluding carboxylic acids is 4. The second-order valence-corrected chi connectivity index (χ2v) is 13.1. The van der Waals surface area contributed by atoms with Gasteiger partial charge in [0.2, 0.25) is 16.9 Å². The number of alkyl carbamates (subject to hydrolysis) is 1. The second kappa shape index (κ2) is 14.2. The minimum Gasteiger partial charge on any atom is -0.504 e. The minimum absolute atomic E-state index is 0.0462. The van der Waals surface area contributed by atoms with E-state index in [0.717, 1.165) is 11.8 Å². The van der Waals surface area contributed by atoms with Gasteiger partial charge in [0.25, 0.3) is 0 Å². The van der Waals surface area contributed by atoms with E-state index < -0.39 is 35.0 Å². The van der Waals surface area contributed by atoms with Gasteiger partial charge >= 0.3 is 6.09 Å². The first-order valence-corrected chi connectivity index (χ1v) is 14.4. The normalized spacial score (nSPS) is 18.6. The largest absolute Gasteiger partial charge is 0.504 e. The molecular formula is C28H43N3O9S. The zero-order valence-electron chi connectivity index (χ0n) is 24.8.